The van der Waals surface area contributed by atoms with Crippen LogP contribution in [-0.4, -0.2) is 34.2 Å². The summed E-state index contributed by atoms with van der Waals surface area (Å²) in [6.45, 7) is 4.92. The maximum absolute atomic E-state index is 13.6. The van der Waals surface area contributed by atoms with E-state index in [-0.39, 0.29) is 19.0 Å². The Kier molecular flexibility index (Phi) is 7.38. The van der Waals surface area contributed by atoms with Gasteiger partial charge in [0.15, 0.2) is 6.04 Å². The van der Waals surface area contributed by atoms with Crippen molar-refractivity contribution in [3.63, 3.8) is 0 Å². The zero-order valence-electron chi connectivity index (χ0n) is 18.3. The van der Waals surface area contributed by atoms with Gasteiger partial charge in [-0.2, -0.15) is 0 Å². The molecule has 3 amide bonds. The minimum atomic E-state index is -1.04. The van der Waals surface area contributed by atoms with Crippen molar-refractivity contribution in [3.05, 3.63) is 83.6 Å². The normalized spacial score (nSPS) is 11.5. The molecule has 3 aromatic rings. The van der Waals surface area contributed by atoms with Crippen molar-refractivity contribution in [1.29, 1.82) is 0 Å². The number of aryl methyl sites for hydroxylation is 2. The largest absolute Gasteiger partial charge is 0.467 e. The van der Waals surface area contributed by atoms with Crippen LogP contribution in [0.15, 0.2) is 65.4 Å². The van der Waals surface area contributed by atoms with Crippen LogP contribution in [0.3, 0.4) is 0 Å². The van der Waals surface area contributed by atoms with Gasteiger partial charge in [0.05, 0.1) is 25.0 Å². The van der Waals surface area contributed by atoms with E-state index in [0.29, 0.717) is 17.1 Å². The van der Waals surface area contributed by atoms with Gasteiger partial charge in [0.2, 0.25) is 11.8 Å². The highest BCUT2D eigenvalue weighted by molar-refractivity contribution is 5.99. The molecule has 0 saturated heterocycles. The van der Waals surface area contributed by atoms with Gasteiger partial charge in [-0.3, -0.25) is 19.4 Å². The fourth-order valence-electron chi connectivity index (χ4n) is 3.37. The molecule has 1 aromatic carbocycles. The zero-order chi connectivity index (χ0) is 23.1. The molecule has 1 unspecified atom stereocenters. The van der Waals surface area contributed by atoms with Crippen LogP contribution in [0.5, 0.6) is 0 Å². The van der Waals surface area contributed by atoms with Gasteiger partial charge in [0.25, 0.3) is 5.91 Å². The van der Waals surface area contributed by atoms with Crippen LogP contribution in [0.25, 0.3) is 0 Å². The summed E-state index contributed by atoms with van der Waals surface area (Å²) in [5.41, 5.74) is 2.89. The number of pyridine rings is 1. The summed E-state index contributed by atoms with van der Waals surface area (Å²) in [5.74, 6) is -0.694. The number of furan rings is 1. The minimum absolute atomic E-state index is 0.0346. The van der Waals surface area contributed by atoms with E-state index in [4.69, 9.17) is 4.42 Å². The number of anilines is 1. The van der Waals surface area contributed by atoms with E-state index in [1.165, 1.54) is 18.1 Å². The maximum atomic E-state index is 13.6. The van der Waals surface area contributed by atoms with Crippen molar-refractivity contribution in [1.82, 2.24) is 15.2 Å². The lowest BCUT2D eigenvalue weighted by Gasteiger charge is -2.30. The molecule has 0 bridgehead atoms. The van der Waals surface area contributed by atoms with E-state index < -0.39 is 17.9 Å². The van der Waals surface area contributed by atoms with E-state index in [1.807, 2.05) is 32.0 Å². The molecule has 32 heavy (non-hydrogen) atoms. The molecule has 3 rings (SSSR count). The van der Waals surface area contributed by atoms with Crippen molar-refractivity contribution in [2.45, 2.75) is 33.4 Å². The van der Waals surface area contributed by atoms with Gasteiger partial charge >= 0.3 is 0 Å². The average Bonchev–Trinajstić information content (AvgIpc) is 3.28. The van der Waals surface area contributed by atoms with Gasteiger partial charge in [-0.25, -0.2) is 0 Å². The second kappa shape index (κ2) is 10.4. The molecule has 0 spiro atoms. The van der Waals surface area contributed by atoms with Crippen molar-refractivity contribution >= 4 is 23.4 Å². The van der Waals surface area contributed by atoms with Crippen LogP contribution < -0.4 is 10.6 Å². The van der Waals surface area contributed by atoms with E-state index >= 15 is 0 Å². The summed E-state index contributed by atoms with van der Waals surface area (Å²) in [4.78, 5) is 43.8. The van der Waals surface area contributed by atoms with Crippen molar-refractivity contribution in [3.8, 4) is 0 Å². The van der Waals surface area contributed by atoms with Crippen LogP contribution in [0.4, 0.5) is 5.69 Å². The maximum Gasteiger partial charge on any atom is 0.253 e. The summed E-state index contributed by atoms with van der Waals surface area (Å²) in [5, 5.41) is 5.47. The Hall–Kier alpha value is -3.94. The molecule has 8 nitrogen and oxygen atoms in total. The standard InChI is InChI=1S/C24H26N4O4/c1-16-8-6-9-17(2)22(16)27-24(31)23(20-11-4-5-12-25-20)28(15-19-10-7-13-32-19)21(30)14-26-18(3)29/h4-13,23H,14-15H2,1-3H3,(H,26,29)(H,27,31). The number of nitrogens with zero attached hydrogens (tertiary/aromatic N) is 2. The Morgan fingerprint density at radius 3 is 2.38 bits per heavy atom. The van der Waals surface area contributed by atoms with Gasteiger partial charge in [-0.05, 0) is 49.2 Å². The molecule has 2 aromatic heterocycles. The number of carbonyl (C=O) groups excluding carboxylic acids is 3. The summed E-state index contributed by atoms with van der Waals surface area (Å²) in [6, 6.07) is 13.3. The average molecular weight is 434 g/mol. The molecule has 2 N–H and O–H groups in total. The van der Waals surface area contributed by atoms with E-state index in [2.05, 4.69) is 15.6 Å². The molecular weight excluding hydrogens is 408 g/mol. The molecule has 0 aliphatic rings. The Labute approximate surface area is 186 Å². The number of para-hydroxylation sites is 1. The summed E-state index contributed by atoms with van der Waals surface area (Å²) in [6.07, 6.45) is 3.07. The molecule has 1 atom stereocenters. The fraction of sp³-hybridized carbons (Fsp3) is 0.250. The second-order valence-corrected chi connectivity index (χ2v) is 7.42. The highest BCUT2D eigenvalue weighted by Crippen LogP contribution is 2.26. The molecule has 2 heterocycles. The number of hydrogen-bond donors (Lipinski definition) is 2. The van der Waals surface area contributed by atoms with Crippen LogP contribution in [-0.2, 0) is 20.9 Å². The number of carbonyl (C=O) groups is 3. The lowest BCUT2D eigenvalue weighted by atomic mass is 10.1. The zero-order valence-corrected chi connectivity index (χ0v) is 18.3. The molecular formula is C24H26N4O4. The fourth-order valence-corrected chi connectivity index (χ4v) is 3.37. The molecule has 0 saturated carbocycles. The number of aromatic nitrogens is 1. The summed E-state index contributed by atoms with van der Waals surface area (Å²) >= 11 is 0. The second-order valence-electron chi connectivity index (χ2n) is 7.42. The highest BCUT2D eigenvalue weighted by Gasteiger charge is 2.33. The quantitative estimate of drug-likeness (QED) is 0.567. The van der Waals surface area contributed by atoms with Crippen molar-refractivity contribution in [2.24, 2.45) is 0 Å². The molecule has 8 heteroatoms. The smallest absolute Gasteiger partial charge is 0.253 e. The topological polar surface area (TPSA) is 105 Å². The molecule has 0 fully saturated rings. The van der Waals surface area contributed by atoms with E-state index in [9.17, 15) is 14.4 Å². The third kappa shape index (κ3) is 5.60. The first kappa shape index (κ1) is 22.7. The van der Waals surface area contributed by atoms with E-state index in [0.717, 1.165) is 11.1 Å². The molecule has 0 aliphatic carbocycles. The predicted molar refractivity (Wildman–Crippen MR) is 119 cm³/mol. The molecule has 0 radical (unpaired) electrons. The van der Waals surface area contributed by atoms with Crippen LogP contribution in [0, 0.1) is 13.8 Å². The third-order valence-electron chi connectivity index (χ3n) is 4.97. The lowest BCUT2D eigenvalue weighted by Crippen LogP contribution is -2.45. The third-order valence-corrected chi connectivity index (χ3v) is 4.97. The van der Waals surface area contributed by atoms with Crippen LogP contribution >= 0.6 is 0 Å². The van der Waals surface area contributed by atoms with Crippen molar-refractivity contribution < 1.29 is 18.8 Å². The summed E-state index contributed by atoms with van der Waals surface area (Å²) in [7, 11) is 0. The first-order chi connectivity index (χ1) is 15.4. The Bertz CT molecular complexity index is 1060. The number of rotatable bonds is 8. The van der Waals surface area contributed by atoms with Gasteiger partial charge in [-0.1, -0.05) is 24.3 Å². The SMILES string of the molecule is CC(=O)NCC(=O)N(Cc1ccco1)C(C(=O)Nc1c(C)cccc1C)c1ccccn1. The Morgan fingerprint density at radius 1 is 1.03 bits per heavy atom. The number of hydrogen-bond acceptors (Lipinski definition) is 5. The van der Waals surface area contributed by atoms with Gasteiger partial charge in [0.1, 0.15) is 5.76 Å². The minimum Gasteiger partial charge on any atom is -0.467 e. The Morgan fingerprint density at radius 2 is 1.78 bits per heavy atom. The molecule has 166 valence electrons. The number of amides is 3. The predicted octanol–water partition coefficient (Wildman–Crippen LogP) is 3.14. The first-order valence-corrected chi connectivity index (χ1v) is 10.2. The van der Waals surface area contributed by atoms with Gasteiger partial charge in [-0.15, -0.1) is 0 Å². The van der Waals surface area contributed by atoms with Gasteiger partial charge < -0.3 is 20.0 Å². The monoisotopic (exact) mass is 434 g/mol. The van der Waals surface area contributed by atoms with Gasteiger partial charge in [0, 0.05) is 18.8 Å². The highest BCUT2D eigenvalue weighted by atomic mass is 16.3. The lowest BCUT2D eigenvalue weighted by molar-refractivity contribution is -0.140. The Balaban J connectivity index is 2.00. The number of benzene rings is 1. The molecule has 0 aliphatic heterocycles. The first-order valence-electron chi connectivity index (χ1n) is 10.2. The van der Waals surface area contributed by atoms with Crippen molar-refractivity contribution in [2.75, 3.05) is 11.9 Å². The van der Waals surface area contributed by atoms with Crippen LogP contribution in [0.2, 0.25) is 0 Å². The summed E-state index contributed by atoms with van der Waals surface area (Å²) < 4.78 is 5.43. The number of nitrogens with one attached hydrogen (secondary N) is 2. The van der Waals surface area contributed by atoms with E-state index in [1.54, 1.807) is 36.5 Å². The van der Waals surface area contributed by atoms with Crippen LogP contribution in [0.1, 0.15) is 35.5 Å².